The van der Waals surface area contributed by atoms with Crippen LogP contribution in [0.4, 0.5) is 10.2 Å². The smallest absolute Gasteiger partial charge is 0.247 e. The molecule has 0 bridgehead atoms. The Hall–Kier alpha value is -2.60. The van der Waals surface area contributed by atoms with Gasteiger partial charge < -0.3 is 20.6 Å². The van der Waals surface area contributed by atoms with E-state index in [-0.39, 0.29) is 36.0 Å². The highest BCUT2D eigenvalue weighted by molar-refractivity contribution is 8.00. The average molecular weight is 487 g/mol. The molecule has 34 heavy (non-hydrogen) atoms. The van der Waals surface area contributed by atoms with E-state index in [1.54, 1.807) is 11.0 Å². The van der Waals surface area contributed by atoms with Crippen LogP contribution in [0.3, 0.4) is 0 Å². The van der Waals surface area contributed by atoms with Crippen LogP contribution < -0.4 is 10.6 Å². The fourth-order valence-electron chi connectivity index (χ4n) is 4.73. The number of pyridine rings is 1. The van der Waals surface area contributed by atoms with E-state index in [4.69, 9.17) is 0 Å². The fourth-order valence-corrected chi connectivity index (χ4v) is 5.49. The summed E-state index contributed by atoms with van der Waals surface area (Å²) < 4.78 is 13.8. The molecule has 0 spiro atoms. The molecule has 2 unspecified atom stereocenters. The number of likely N-dealkylation sites (tertiary alicyclic amines) is 1. The summed E-state index contributed by atoms with van der Waals surface area (Å²) >= 11 is 1.48. The van der Waals surface area contributed by atoms with Crippen molar-refractivity contribution in [1.82, 2.24) is 20.1 Å². The minimum Gasteiger partial charge on any atom is -0.391 e. The van der Waals surface area contributed by atoms with Gasteiger partial charge in [0.05, 0.1) is 40.4 Å². The number of carbonyl (C=O) groups is 2. The van der Waals surface area contributed by atoms with Gasteiger partial charge in [-0.1, -0.05) is 0 Å². The molecule has 9 nitrogen and oxygen atoms in total. The van der Waals surface area contributed by atoms with Gasteiger partial charge in [-0.3, -0.25) is 19.5 Å². The van der Waals surface area contributed by atoms with Gasteiger partial charge in [-0.25, -0.2) is 9.37 Å². The number of halogens is 1. The number of aliphatic imine (C=N–C) groups is 1. The molecule has 11 heteroatoms. The van der Waals surface area contributed by atoms with Crippen molar-refractivity contribution in [3.63, 3.8) is 0 Å². The van der Waals surface area contributed by atoms with Gasteiger partial charge in [-0.05, 0) is 18.2 Å². The van der Waals surface area contributed by atoms with E-state index in [0.29, 0.717) is 56.6 Å². The molecule has 4 aliphatic heterocycles. The van der Waals surface area contributed by atoms with E-state index in [2.05, 4.69) is 25.5 Å². The fraction of sp³-hybridized carbons (Fsp3) is 0.478. The highest BCUT2D eigenvalue weighted by Gasteiger charge is 2.35. The quantitative estimate of drug-likeness (QED) is 0.526. The van der Waals surface area contributed by atoms with Crippen molar-refractivity contribution in [3.05, 3.63) is 42.0 Å². The van der Waals surface area contributed by atoms with Gasteiger partial charge >= 0.3 is 0 Å². The topological polar surface area (TPSA) is 110 Å². The highest BCUT2D eigenvalue weighted by atomic mass is 32.2. The molecule has 4 aliphatic rings. The summed E-state index contributed by atoms with van der Waals surface area (Å²) in [5.74, 6) is 0.574. The number of nitrogens with one attached hydrogen (secondary N) is 2. The molecule has 1 aromatic rings. The molecule has 180 valence electrons. The molecule has 0 radical (unpaired) electrons. The Labute approximate surface area is 201 Å². The third-order valence-corrected chi connectivity index (χ3v) is 7.57. The van der Waals surface area contributed by atoms with Gasteiger partial charge in [0.15, 0.2) is 0 Å². The summed E-state index contributed by atoms with van der Waals surface area (Å²) in [6.45, 7) is 3.45. The summed E-state index contributed by atoms with van der Waals surface area (Å²) in [7, 11) is 0. The number of fused-ring (bicyclic) bond motifs is 2. The second-order valence-corrected chi connectivity index (χ2v) is 9.94. The molecule has 1 aromatic heterocycles. The minimum absolute atomic E-state index is 0.0415. The number of anilines is 1. The Bertz CT molecular complexity index is 1080. The maximum atomic E-state index is 13.8. The van der Waals surface area contributed by atoms with E-state index in [1.807, 2.05) is 12.1 Å². The van der Waals surface area contributed by atoms with Gasteiger partial charge in [-0.15, -0.1) is 11.8 Å². The maximum Gasteiger partial charge on any atom is 0.247 e. The van der Waals surface area contributed by atoms with Crippen LogP contribution in [0.1, 0.15) is 12.1 Å². The van der Waals surface area contributed by atoms with Crippen LogP contribution in [0.5, 0.6) is 0 Å². The number of hydrogen-bond donors (Lipinski definition) is 3. The zero-order chi connectivity index (χ0) is 23.7. The van der Waals surface area contributed by atoms with Crippen LogP contribution in [0, 0.1) is 5.92 Å². The zero-order valence-corrected chi connectivity index (χ0v) is 19.4. The molecule has 0 aromatic carbocycles. The van der Waals surface area contributed by atoms with Crippen LogP contribution in [-0.4, -0.2) is 88.0 Å². The van der Waals surface area contributed by atoms with Gasteiger partial charge in [-0.2, -0.15) is 0 Å². The first-order chi connectivity index (χ1) is 16.5. The predicted molar refractivity (Wildman–Crippen MR) is 127 cm³/mol. The lowest BCUT2D eigenvalue weighted by Gasteiger charge is -2.35. The van der Waals surface area contributed by atoms with E-state index in [0.717, 1.165) is 10.6 Å². The Kier molecular flexibility index (Phi) is 6.77. The third-order valence-electron chi connectivity index (χ3n) is 6.52. The summed E-state index contributed by atoms with van der Waals surface area (Å²) in [4.78, 5) is 37.4. The number of carbonyl (C=O) groups excluding carboxylic acids is 2. The van der Waals surface area contributed by atoms with Gasteiger partial charge in [0.2, 0.25) is 11.8 Å². The lowest BCUT2D eigenvalue weighted by molar-refractivity contribution is -0.127. The van der Waals surface area contributed by atoms with E-state index < -0.39 is 6.10 Å². The first-order valence-corrected chi connectivity index (χ1v) is 12.4. The number of aliphatic hydroxyl groups is 1. The number of nitrogens with zero attached hydrogens (tertiary/aromatic N) is 4. The molecule has 3 N–H and O–H groups in total. The van der Waals surface area contributed by atoms with Crippen molar-refractivity contribution in [2.24, 2.45) is 10.9 Å². The number of amides is 2. The van der Waals surface area contributed by atoms with Crippen molar-refractivity contribution in [2.45, 2.75) is 30.0 Å². The minimum atomic E-state index is -0.469. The van der Waals surface area contributed by atoms with Crippen LogP contribution in [0.2, 0.25) is 0 Å². The molecule has 3 atom stereocenters. The zero-order valence-electron chi connectivity index (χ0n) is 18.6. The second-order valence-electron chi connectivity index (χ2n) is 8.92. The lowest BCUT2D eigenvalue weighted by atomic mass is 9.99. The molecule has 1 saturated heterocycles. The van der Waals surface area contributed by atoms with Gasteiger partial charge in [0.1, 0.15) is 11.6 Å². The number of aromatic nitrogens is 1. The molecule has 5 heterocycles. The maximum absolute atomic E-state index is 13.8. The molecule has 1 fully saturated rings. The van der Waals surface area contributed by atoms with Crippen molar-refractivity contribution < 1.29 is 19.1 Å². The summed E-state index contributed by atoms with van der Waals surface area (Å²) in [5, 5.41) is 16.7. The largest absolute Gasteiger partial charge is 0.391 e. The first kappa shape index (κ1) is 23.2. The summed E-state index contributed by atoms with van der Waals surface area (Å²) in [5.41, 5.74) is 1.53. The number of rotatable bonds is 7. The van der Waals surface area contributed by atoms with Crippen molar-refractivity contribution in [1.29, 1.82) is 0 Å². The Morgan fingerprint density at radius 3 is 3.00 bits per heavy atom. The van der Waals surface area contributed by atoms with Crippen LogP contribution >= 0.6 is 11.8 Å². The molecular weight excluding hydrogens is 459 g/mol. The number of β-amino-alcohol motifs (C(OH)–C–C–N with tert-alkyl or cyclic N) is 1. The highest BCUT2D eigenvalue weighted by Crippen LogP contribution is 2.29. The predicted octanol–water partition coefficient (Wildman–Crippen LogP) is 0.931. The second kappa shape index (κ2) is 9.95. The lowest BCUT2D eigenvalue weighted by Crippen LogP contribution is -2.50. The standard InChI is InChI=1S/C23H27FN6O3S/c24-15-7-18-17(26-9-15)2-4-22(33)30(18)6-5-29-11-14(19(31)12-29)8-25-10-16-1-3-20-23(27-16)28-21(32)13-34-20/h1-4,9,14,18-19,25,31H,5-8,10-13H2,(H,27,28,32)/t14-,18?,19?/m0/s1. The molecule has 0 aliphatic carbocycles. The Morgan fingerprint density at radius 1 is 1.24 bits per heavy atom. The molecule has 2 amide bonds. The normalized spacial score (nSPS) is 26.6. The van der Waals surface area contributed by atoms with E-state index >= 15 is 0 Å². The van der Waals surface area contributed by atoms with Crippen molar-refractivity contribution >= 4 is 35.1 Å². The van der Waals surface area contributed by atoms with Gasteiger partial charge in [0.25, 0.3) is 0 Å². The monoisotopic (exact) mass is 486 g/mol. The van der Waals surface area contributed by atoms with E-state index in [9.17, 15) is 19.1 Å². The third kappa shape index (κ3) is 5.07. The summed E-state index contributed by atoms with van der Waals surface area (Å²) in [6.07, 6.45) is 4.05. The molecule has 0 saturated carbocycles. The Morgan fingerprint density at radius 2 is 2.12 bits per heavy atom. The number of hydrogen-bond acceptors (Lipinski definition) is 8. The van der Waals surface area contributed by atoms with Crippen molar-refractivity contribution in [2.75, 3.05) is 43.8 Å². The van der Waals surface area contributed by atoms with Crippen LogP contribution in [0.25, 0.3) is 0 Å². The molecular formula is C23H27FN6O3S. The average Bonchev–Trinajstić information content (AvgIpc) is 3.17. The number of thioether (sulfide) groups is 1. The van der Waals surface area contributed by atoms with Crippen LogP contribution in [-0.2, 0) is 16.1 Å². The molecule has 5 rings (SSSR count). The Balaban J connectivity index is 1.10. The summed E-state index contributed by atoms with van der Waals surface area (Å²) in [6, 6.07) is 3.55. The van der Waals surface area contributed by atoms with Gasteiger partial charge in [0, 0.05) is 57.7 Å². The van der Waals surface area contributed by atoms with E-state index in [1.165, 1.54) is 24.0 Å². The van der Waals surface area contributed by atoms with Crippen LogP contribution in [0.15, 0.2) is 46.2 Å². The SMILES string of the molecule is O=C1CSc2ccc(CNC[C@H]3CN(CCN4C(=O)C=CC5=NC=C(F)CC54)CC3O)nc2N1. The number of aliphatic hydroxyl groups excluding tert-OH is 1. The van der Waals surface area contributed by atoms with Crippen molar-refractivity contribution in [3.8, 4) is 0 Å². The first-order valence-electron chi connectivity index (χ1n) is 11.4.